The highest BCUT2D eigenvalue weighted by Gasteiger charge is 2.01. The Morgan fingerprint density at radius 1 is 1.36 bits per heavy atom. The summed E-state index contributed by atoms with van der Waals surface area (Å²) in [5.41, 5.74) is 2.14. The molecule has 2 N–H and O–H groups in total. The SMILES string of the molecule is CC(C)NCc1nc2ccccc2[nH]1. The number of rotatable bonds is 3. The van der Waals surface area contributed by atoms with Crippen LogP contribution in [0.5, 0.6) is 0 Å². The molecule has 3 heteroatoms. The van der Waals surface area contributed by atoms with Gasteiger partial charge in [0.2, 0.25) is 0 Å². The maximum absolute atomic E-state index is 4.47. The lowest BCUT2D eigenvalue weighted by Gasteiger charge is -2.04. The summed E-state index contributed by atoms with van der Waals surface area (Å²) >= 11 is 0. The van der Waals surface area contributed by atoms with Gasteiger partial charge in [0.1, 0.15) is 5.82 Å². The van der Waals surface area contributed by atoms with Gasteiger partial charge in [-0.3, -0.25) is 0 Å². The first-order valence-electron chi connectivity index (χ1n) is 4.93. The Balaban J connectivity index is 2.19. The van der Waals surface area contributed by atoms with Crippen LogP contribution in [-0.4, -0.2) is 16.0 Å². The molecule has 1 aromatic carbocycles. The van der Waals surface area contributed by atoms with Crippen LogP contribution in [0.2, 0.25) is 0 Å². The number of fused-ring (bicyclic) bond motifs is 1. The molecule has 0 spiro atoms. The minimum atomic E-state index is 0.489. The molecular weight excluding hydrogens is 174 g/mol. The zero-order chi connectivity index (χ0) is 9.97. The molecule has 1 heterocycles. The highest BCUT2D eigenvalue weighted by molar-refractivity contribution is 5.74. The summed E-state index contributed by atoms with van der Waals surface area (Å²) in [4.78, 5) is 7.74. The van der Waals surface area contributed by atoms with Crippen molar-refractivity contribution in [3.8, 4) is 0 Å². The Labute approximate surface area is 83.6 Å². The van der Waals surface area contributed by atoms with E-state index in [-0.39, 0.29) is 0 Å². The van der Waals surface area contributed by atoms with Gasteiger partial charge >= 0.3 is 0 Å². The Morgan fingerprint density at radius 3 is 2.86 bits per heavy atom. The predicted molar refractivity (Wildman–Crippen MR) is 58.1 cm³/mol. The lowest BCUT2D eigenvalue weighted by molar-refractivity contribution is 0.576. The number of aromatic amines is 1. The third kappa shape index (κ3) is 1.93. The number of aromatic nitrogens is 2. The van der Waals surface area contributed by atoms with Crippen molar-refractivity contribution in [2.24, 2.45) is 0 Å². The number of benzene rings is 1. The molecule has 0 fully saturated rings. The monoisotopic (exact) mass is 189 g/mol. The van der Waals surface area contributed by atoms with Crippen molar-refractivity contribution in [1.29, 1.82) is 0 Å². The van der Waals surface area contributed by atoms with Crippen LogP contribution in [-0.2, 0) is 6.54 Å². The van der Waals surface area contributed by atoms with E-state index in [1.807, 2.05) is 24.3 Å². The topological polar surface area (TPSA) is 40.7 Å². The number of H-pyrrole nitrogens is 1. The summed E-state index contributed by atoms with van der Waals surface area (Å²) in [6, 6.07) is 8.57. The summed E-state index contributed by atoms with van der Waals surface area (Å²) in [5.74, 6) is 1.000. The van der Waals surface area contributed by atoms with Crippen LogP contribution < -0.4 is 5.32 Å². The largest absolute Gasteiger partial charge is 0.341 e. The van der Waals surface area contributed by atoms with E-state index >= 15 is 0 Å². The maximum atomic E-state index is 4.47. The van der Waals surface area contributed by atoms with E-state index in [1.54, 1.807) is 0 Å². The number of para-hydroxylation sites is 2. The Morgan fingerprint density at radius 2 is 2.14 bits per heavy atom. The van der Waals surface area contributed by atoms with Gasteiger partial charge in [0.15, 0.2) is 0 Å². The molecule has 0 aliphatic carbocycles. The van der Waals surface area contributed by atoms with Crippen LogP contribution in [0.1, 0.15) is 19.7 Å². The number of nitrogens with one attached hydrogen (secondary N) is 2. The van der Waals surface area contributed by atoms with Crippen LogP contribution in [0.15, 0.2) is 24.3 Å². The van der Waals surface area contributed by atoms with Gasteiger partial charge in [-0.1, -0.05) is 26.0 Å². The molecule has 0 saturated carbocycles. The van der Waals surface area contributed by atoms with Gasteiger partial charge in [-0.2, -0.15) is 0 Å². The molecule has 0 radical (unpaired) electrons. The first kappa shape index (κ1) is 9.21. The number of nitrogens with zero attached hydrogens (tertiary/aromatic N) is 1. The summed E-state index contributed by atoms with van der Waals surface area (Å²) in [7, 11) is 0. The average Bonchev–Trinajstić information content (AvgIpc) is 2.57. The third-order valence-electron chi connectivity index (χ3n) is 2.12. The van der Waals surface area contributed by atoms with Crippen LogP contribution in [0.25, 0.3) is 11.0 Å². The molecule has 2 rings (SSSR count). The predicted octanol–water partition coefficient (Wildman–Crippen LogP) is 2.06. The van der Waals surface area contributed by atoms with Crippen molar-refractivity contribution < 1.29 is 0 Å². The van der Waals surface area contributed by atoms with E-state index < -0.39 is 0 Å². The van der Waals surface area contributed by atoms with E-state index in [0.29, 0.717) is 6.04 Å². The first-order valence-corrected chi connectivity index (χ1v) is 4.93. The van der Waals surface area contributed by atoms with Gasteiger partial charge in [-0.25, -0.2) is 4.98 Å². The van der Waals surface area contributed by atoms with E-state index in [9.17, 15) is 0 Å². The standard InChI is InChI=1S/C11H15N3/c1-8(2)12-7-11-13-9-5-3-4-6-10(9)14-11/h3-6,8,12H,7H2,1-2H3,(H,13,14). The number of hydrogen-bond acceptors (Lipinski definition) is 2. The fourth-order valence-corrected chi connectivity index (χ4v) is 1.39. The molecular formula is C11H15N3. The normalized spacial score (nSPS) is 11.4. The molecule has 74 valence electrons. The van der Waals surface area contributed by atoms with Crippen molar-refractivity contribution in [3.05, 3.63) is 30.1 Å². The molecule has 2 aromatic rings. The second-order valence-corrected chi connectivity index (χ2v) is 3.74. The molecule has 0 amide bonds. The molecule has 3 nitrogen and oxygen atoms in total. The lowest BCUT2D eigenvalue weighted by Crippen LogP contribution is -2.22. The molecule has 0 aliphatic heterocycles. The van der Waals surface area contributed by atoms with Crippen LogP contribution in [0.3, 0.4) is 0 Å². The molecule has 0 bridgehead atoms. The zero-order valence-electron chi connectivity index (χ0n) is 8.54. The van der Waals surface area contributed by atoms with Crippen molar-refractivity contribution in [3.63, 3.8) is 0 Å². The van der Waals surface area contributed by atoms with Crippen LogP contribution >= 0.6 is 0 Å². The number of imidazole rings is 1. The quantitative estimate of drug-likeness (QED) is 0.776. The number of hydrogen-bond donors (Lipinski definition) is 2. The van der Waals surface area contributed by atoms with E-state index in [2.05, 4.69) is 29.1 Å². The molecule has 0 saturated heterocycles. The second-order valence-electron chi connectivity index (χ2n) is 3.74. The molecule has 0 atom stereocenters. The van der Waals surface area contributed by atoms with Crippen molar-refractivity contribution in [1.82, 2.24) is 15.3 Å². The van der Waals surface area contributed by atoms with Crippen LogP contribution in [0, 0.1) is 0 Å². The fourth-order valence-electron chi connectivity index (χ4n) is 1.39. The van der Waals surface area contributed by atoms with Crippen molar-refractivity contribution >= 4 is 11.0 Å². The highest BCUT2D eigenvalue weighted by Crippen LogP contribution is 2.09. The average molecular weight is 189 g/mol. The Bertz CT molecular complexity index is 384. The first-order chi connectivity index (χ1) is 6.75. The summed E-state index contributed by atoms with van der Waals surface area (Å²) in [6.45, 7) is 5.05. The van der Waals surface area contributed by atoms with E-state index in [4.69, 9.17) is 0 Å². The van der Waals surface area contributed by atoms with Gasteiger partial charge in [0.25, 0.3) is 0 Å². The van der Waals surface area contributed by atoms with E-state index in [1.165, 1.54) is 0 Å². The molecule has 1 aromatic heterocycles. The lowest BCUT2D eigenvalue weighted by atomic mass is 10.3. The van der Waals surface area contributed by atoms with Crippen molar-refractivity contribution in [2.75, 3.05) is 0 Å². The molecule has 0 unspecified atom stereocenters. The maximum Gasteiger partial charge on any atom is 0.121 e. The summed E-state index contributed by atoms with van der Waals surface area (Å²) in [6.07, 6.45) is 0. The highest BCUT2D eigenvalue weighted by atomic mass is 15.0. The van der Waals surface area contributed by atoms with E-state index in [0.717, 1.165) is 23.4 Å². The van der Waals surface area contributed by atoms with Gasteiger partial charge in [0, 0.05) is 6.04 Å². The van der Waals surface area contributed by atoms with Crippen molar-refractivity contribution in [2.45, 2.75) is 26.4 Å². The smallest absolute Gasteiger partial charge is 0.121 e. The Hall–Kier alpha value is -1.35. The third-order valence-corrected chi connectivity index (χ3v) is 2.12. The molecule has 14 heavy (non-hydrogen) atoms. The minimum Gasteiger partial charge on any atom is -0.341 e. The minimum absolute atomic E-state index is 0.489. The zero-order valence-corrected chi connectivity index (χ0v) is 8.54. The van der Waals surface area contributed by atoms with Gasteiger partial charge in [0.05, 0.1) is 17.6 Å². The van der Waals surface area contributed by atoms with Gasteiger partial charge in [-0.05, 0) is 12.1 Å². The fraction of sp³-hybridized carbons (Fsp3) is 0.364. The van der Waals surface area contributed by atoms with Crippen LogP contribution in [0.4, 0.5) is 0 Å². The Kier molecular flexibility index (Phi) is 2.50. The molecule has 0 aliphatic rings. The van der Waals surface area contributed by atoms with Gasteiger partial charge in [-0.15, -0.1) is 0 Å². The second kappa shape index (κ2) is 3.80. The summed E-state index contributed by atoms with van der Waals surface area (Å²) in [5, 5.41) is 3.33. The van der Waals surface area contributed by atoms with Gasteiger partial charge < -0.3 is 10.3 Å². The summed E-state index contributed by atoms with van der Waals surface area (Å²) < 4.78 is 0.